The molecule has 4 aliphatic carbocycles. The maximum atomic E-state index is 10.1. The van der Waals surface area contributed by atoms with Gasteiger partial charge < -0.3 is 5.11 Å². The topological polar surface area (TPSA) is 20.2 Å². The Morgan fingerprint density at radius 3 is 2.57 bits per heavy atom. The van der Waals surface area contributed by atoms with Gasteiger partial charge in [-0.2, -0.15) is 0 Å². The van der Waals surface area contributed by atoms with Crippen molar-refractivity contribution in [3.05, 3.63) is 17.8 Å². The van der Waals surface area contributed by atoms with Crippen molar-refractivity contribution in [3.8, 4) is 0 Å². The standard InChI is InChI=1S/C27H45O/c1-18(2)7-6-8-19(3)23-11-12-24-22-10-9-20-17-21(28)13-15-26(20,4)25(22)14-16-27(23,24)5/h9,18-19,22-25,28H,6-8,10-17H2,1-5H3/t19-,22+,23-,24+,25+,26+,27-/m1/s1. The smallest absolute Gasteiger partial charge is 0.0973 e. The number of fused-ring (bicyclic) bond motifs is 5. The first kappa shape index (κ1) is 21.0. The van der Waals surface area contributed by atoms with E-state index < -0.39 is 0 Å². The van der Waals surface area contributed by atoms with E-state index in [9.17, 15) is 5.11 Å². The first-order valence-electron chi connectivity index (χ1n) is 12.5. The summed E-state index contributed by atoms with van der Waals surface area (Å²) in [5.41, 5.74) is 2.54. The maximum Gasteiger partial charge on any atom is 0.0973 e. The zero-order valence-corrected chi connectivity index (χ0v) is 19.3. The van der Waals surface area contributed by atoms with Crippen LogP contribution in [0.5, 0.6) is 0 Å². The fourth-order valence-electron chi connectivity index (χ4n) is 8.51. The Balaban J connectivity index is 1.49. The van der Waals surface area contributed by atoms with Crippen molar-refractivity contribution < 1.29 is 5.11 Å². The second kappa shape index (κ2) is 7.75. The number of allylic oxidation sites excluding steroid dienone is 1. The molecule has 0 saturated heterocycles. The van der Waals surface area contributed by atoms with Gasteiger partial charge in [0.1, 0.15) is 0 Å². The minimum absolute atomic E-state index is 0.372. The lowest BCUT2D eigenvalue weighted by molar-refractivity contribution is -0.0519. The van der Waals surface area contributed by atoms with Crippen molar-refractivity contribution in [1.82, 2.24) is 0 Å². The Labute approximate surface area is 174 Å². The van der Waals surface area contributed by atoms with E-state index in [4.69, 9.17) is 0 Å². The van der Waals surface area contributed by atoms with Crippen LogP contribution in [0.15, 0.2) is 11.6 Å². The van der Waals surface area contributed by atoms with E-state index in [0.717, 1.165) is 54.5 Å². The molecule has 4 rings (SSSR count). The van der Waals surface area contributed by atoms with Crippen LogP contribution in [-0.4, -0.2) is 5.11 Å². The van der Waals surface area contributed by atoms with Crippen LogP contribution in [0.3, 0.4) is 0 Å². The van der Waals surface area contributed by atoms with E-state index in [2.05, 4.69) is 40.7 Å². The lowest BCUT2D eigenvalue weighted by Crippen LogP contribution is -2.50. The molecule has 0 aromatic carbocycles. The molecule has 7 atom stereocenters. The molecule has 1 N–H and O–H groups in total. The summed E-state index contributed by atoms with van der Waals surface area (Å²) in [4.78, 5) is 0. The van der Waals surface area contributed by atoms with Crippen LogP contribution >= 0.6 is 0 Å². The summed E-state index contributed by atoms with van der Waals surface area (Å²) in [6.07, 6.45) is 17.7. The summed E-state index contributed by atoms with van der Waals surface area (Å²) in [5.74, 6) is 5.42. The third-order valence-corrected chi connectivity index (χ3v) is 10.2. The van der Waals surface area contributed by atoms with Gasteiger partial charge in [-0.3, -0.25) is 0 Å². The molecule has 0 aliphatic heterocycles. The SMILES string of the molecule is CC(C)CCC[C@@H](C)[C@H]1CC[C@H]2[C@@H]3CC=C4C[C](O)CC[C@]4(C)[C@H]3CC[C@]12C. The van der Waals surface area contributed by atoms with Gasteiger partial charge in [0.25, 0.3) is 0 Å². The Hall–Kier alpha value is -0.300. The molecule has 4 aliphatic rings. The third kappa shape index (κ3) is 3.42. The van der Waals surface area contributed by atoms with Crippen LogP contribution in [0.2, 0.25) is 0 Å². The van der Waals surface area contributed by atoms with Gasteiger partial charge in [-0.15, -0.1) is 0 Å². The first-order chi connectivity index (χ1) is 13.3. The molecule has 1 heteroatoms. The highest BCUT2D eigenvalue weighted by Gasteiger charge is 2.59. The van der Waals surface area contributed by atoms with Crippen LogP contribution in [0.25, 0.3) is 0 Å². The minimum Gasteiger partial charge on any atom is -0.387 e. The summed E-state index contributed by atoms with van der Waals surface area (Å²) in [7, 11) is 0. The van der Waals surface area contributed by atoms with Crippen LogP contribution in [0, 0.1) is 52.4 Å². The number of aliphatic hydroxyl groups excluding tert-OH is 1. The molecule has 0 spiro atoms. The van der Waals surface area contributed by atoms with E-state index in [-0.39, 0.29) is 0 Å². The molecule has 0 aromatic heterocycles. The summed E-state index contributed by atoms with van der Waals surface area (Å²) >= 11 is 0. The highest BCUT2D eigenvalue weighted by molar-refractivity contribution is 5.27. The molecule has 0 bridgehead atoms. The molecule has 0 unspecified atom stereocenters. The molecule has 0 aromatic rings. The second-order valence-electron chi connectivity index (χ2n) is 12.0. The molecular weight excluding hydrogens is 340 g/mol. The monoisotopic (exact) mass is 385 g/mol. The molecule has 3 saturated carbocycles. The summed E-state index contributed by atoms with van der Waals surface area (Å²) in [6.45, 7) is 12.5. The highest BCUT2D eigenvalue weighted by atomic mass is 16.3. The van der Waals surface area contributed by atoms with E-state index in [1.54, 1.807) is 5.57 Å². The van der Waals surface area contributed by atoms with Gasteiger partial charge in [-0.1, -0.05) is 65.5 Å². The van der Waals surface area contributed by atoms with Crippen LogP contribution in [0.4, 0.5) is 0 Å². The summed E-state index contributed by atoms with van der Waals surface area (Å²) in [5, 5.41) is 10.1. The molecule has 1 radical (unpaired) electrons. The van der Waals surface area contributed by atoms with Crippen LogP contribution in [0.1, 0.15) is 105 Å². The molecule has 0 amide bonds. The van der Waals surface area contributed by atoms with E-state index >= 15 is 0 Å². The minimum atomic E-state index is 0.372. The van der Waals surface area contributed by atoms with Crippen molar-refractivity contribution >= 4 is 0 Å². The van der Waals surface area contributed by atoms with Crippen molar-refractivity contribution in [2.24, 2.45) is 46.3 Å². The van der Waals surface area contributed by atoms with E-state index in [1.165, 1.54) is 57.8 Å². The van der Waals surface area contributed by atoms with Crippen LogP contribution < -0.4 is 0 Å². The summed E-state index contributed by atoms with van der Waals surface area (Å²) in [6, 6.07) is 0. The van der Waals surface area contributed by atoms with Gasteiger partial charge >= 0.3 is 0 Å². The Morgan fingerprint density at radius 2 is 1.82 bits per heavy atom. The predicted octanol–water partition coefficient (Wildman–Crippen LogP) is 7.93. The van der Waals surface area contributed by atoms with Gasteiger partial charge in [0, 0.05) is 6.42 Å². The molecule has 1 nitrogen and oxygen atoms in total. The number of rotatable bonds is 5. The third-order valence-electron chi connectivity index (χ3n) is 10.2. The zero-order chi connectivity index (χ0) is 20.1. The Morgan fingerprint density at radius 1 is 1.04 bits per heavy atom. The molecule has 0 heterocycles. The van der Waals surface area contributed by atoms with Crippen LogP contribution in [-0.2, 0) is 0 Å². The van der Waals surface area contributed by atoms with Gasteiger partial charge in [0.05, 0.1) is 6.10 Å². The molecule has 28 heavy (non-hydrogen) atoms. The molecule has 3 fully saturated rings. The highest BCUT2D eigenvalue weighted by Crippen LogP contribution is 2.67. The zero-order valence-electron chi connectivity index (χ0n) is 19.3. The Bertz CT molecular complexity index is 591. The van der Waals surface area contributed by atoms with Gasteiger partial charge in [0.15, 0.2) is 0 Å². The quantitative estimate of drug-likeness (QED) is 0.476. The average molecular weight is 386 g/mol. The molecule has 159 valence electrons. The lowest BCUT2D eigenvalue weighted by Gasteiger charge is -2.58. The fraction of sp³-hybridized carbons (Fsp3) is 0.889. The van der Waals surface area contributed by atoms with E-state index in [0.29, 0.717) is 10.8 Å². The van der Waals surface area contributed by atoms with Crippen molar-refractivity contribution in [1.29, 1.82) is 0 Å². The Kier molecular flexibility index (Phi) is 5.80. The largest absolute Gasteiger partial charge is 0.387 e. The van der Waals surface area contributed by atoms with Crippen molar-refractivity contribution in [2.45, 2.75) is 105 Å². The van der Waals surface area contributed by atoms with Crippen molar-refractivity contribution in [3.63, 3.8) is 0 Å². The fourth-order valence-corrected chi connectivity index (χ4v) is 8.51. The predicted molar refractivity (Wildman–Crippen MR) is 118 cm³/mol. The number of aliphatic hydroxyl groups is 1. The summed E-state index contributed by atoms with van der Waals surface area (Å²) < 4.78 is 0. The van der Waals surface area contributed by atoms with Gasteiger partial charge in [-0.25, -0.2) is 0 Å². The van der Waals surface area contributed by atoms with Crippen molar-refractivity contribution in [2.75, 3.05) is 0 Å². The first-order valence-corrected chi connectivity index (χ1v) is 12.5. The second-order valence-corrected chi connectivity index (χ2v) is 12.0. The normalized spacial score (nSPS) is 44.6. The average Bonchev–Trinajstić information content (AvgIpc) is 2.99. The van der Waals surface area contributed by atoms with E-state index in [1.807, 2.05) is 0 Å². The maximum absolute atomic E-state index is 10.1. The number of hydrogen-bond acceptors (Lipinski definition) is 1. The van der Waals surface area contributed by atoms with Gasteiger partial charge in [0.2, 0.25) is 0 Å². The lowest BCUT2D eigenvalue weighted by atomic mass is 9.47. The number of hydrogen-bond donors (Lipinski definition) is 1. The van der Waals surface area contributed by atoms with Gasteiger partial charge in [-0.05, 0) is 91.3 Å². The molecular formula is C27H45O.